The normalized spacial score (nSPS) is 32.6. The third-order valence-electron chi connectivity index (χ3n) is 5.63. The molecule has 1 heterocycles. The number of ether oxygens (including phenoxy) is 1. The van der Waals surface area contributed by atoms with Crippen LogP contribution in [-0.2, 0) is 9.53 Å². The van der Waals surface area contributed by atoms with Crippen molar-refractivity contribution in [3.8, 4) is 0 Å². The molecule has 108 valence electrons. The van der Waals surface area contributed by atoms with Crippen LogP contribution in [0.3, 0.4) is 0 Å². The van der Waals surface area contributed by atoms with Gasteiger partial charge in [0.25, 0.3) is 0 Å². The number of carboxylic acid groups (broad SMARTS) is 1. The Balaban J connectivity index is 1.71. The monoisotopic (exact) mass is 267 g/mol. The Bertz CT molecular complexity index is 324. The van der Waals surface area contributed by atoms with Crippen LogP contribution >= 0.6 is 0 Å². The summed E-state index contributed by atoms with van der Waals surface area (Å²) in [6.45, 7) is 0.968. The van der Waals surface area contributed by atoms with Crippen molar-refractivity contribution >= 4 is 5.97 Å². The van der Waals surface area contributed by atoms with E-state index in [0.29, 0.717) is 19.3 Å². The highest BCUT2D eigenvalue weighted by Crippen LogP contribution is 2.43. The number of carbonyl (C=O) groups is 1. The molecule has 3 rings (SSSR count). The molecule has 1 saturated heterocycles. The van der Waals surface area contributed by atoms with Gasteiger partial charge in [-0.2, -0.15) is 0 Å². The Hall–Kier alpha value is -0.610. The molecule has 0 aromatic rings. The average Bonchev–Trinajstić information content (AvgIpc) is 2.71. The van der Waals surface area contributed by atoms with Crippen molar-refractivity contribution in [3.05, 3.63) is 0 Å². The van der Waals surface area contributed by atoms with Gasteiger partial charge in [-0.25, -0.2) is 0 Å². The number of hydrogen-bond donors (Lipinski definition) is 1. The van der Waals surface area contributed by atoms with Crippen LogP contribution in [-0.4, -0.2) is 48.3 Å². The molecule has 3 aliphatic rings. The first kappa shape index (κ1) is 13.4. The largest absolute Gasteiger partial charge is 0.481 e. The van der Waals surface area contributed by atoms with Crippen LogP contribution in [0.1, 0.15) is 38.5 Å². The molecule has 0 aromatic heterocycles. The third kappa shape index (κ3) is 2.40. The van der Waals surface area contributed by atoms with Crippen molar-refractivity contribution in [2.45, 2.75) is 50.6 Å². The van der Waals surface area contributed by atoms with E-state index in [-0.39, 0.29) is 12.0 Å². The second-order valence-electron chi connectivity index (χ2n) is 6.59. The van der Waals surface area contributed by atoms with Gasteiger partial charge in [-0.15, -0.1) is 0 Å². The number of aliphatic carboxylic acids is 1. The van der Waals surface area contributed by atoms with E-state index in [1.165, 1.54) is 38.5 Å². The van der Waals surface area contributed by atoms with Gasteiger partial charge in [0.05, 0.1) is 19.1 Å². The lowest BCUT2D eigenvalue weighted by Crippen LogP contribution is -2.54. The summed E-state index contributed by atoms with van der Waals surface area (Å²) in [7, 11) is 2.14. The molecule has 4 heteroatoms. The summed E-state index contributed by atoms with van der Waals surface area (Å²) in [5.41, 5.74) is 0. The summed E-state index contributed by atoms with van der Waals surface area (Å²) in [5.74, 6) is 0.554. The maximum absolute atomic E-state index is 11.3. The fourth-order valence-electron chi connectivity index (χ4n) is 4.01. The zero-order valence-electron chi connectivity index (χ0n) is 11.8. The Morgan fingerprint density at radius 1 is 1.16 bits per heavy atom. The molecular formula is C15H25NO3. The van der Waals surface area contributed by atoms with Crippen LogP contribution in [0.15, 0.2) is 0 Å². The summed E-state index contributed by atoms with van der Waals surface area (Å²) < 4.78 is 5.44. The van der Waals surface area contributed by atoms with Crippen LogP contribution < -0.4 is 0 Å². The highest BCUT2D eigenvalue weighted by molar-refractivity contribution is 5.71. The molecule has 3 fully saturated rings. The second-order valence-corrected chi connectivity index (χ2v) is 6.59. The van der Waals surface area contributed by atoms with E-state index in [4.69, 9.17) is 4.74 Å². The SMILES string of the molecule is CN(C1COCC1C(=O)O)C(C1CCC1)C1CCC1. The molecule has 1 aliphatic heterocycles. The minimum absolute atomic E-state index is 0.0729. The maximum Gasteiger partial charge on any atom is 0.310 e. The molecule has 2 atom stereocenters. The number of rotatable bonds is 5. The van der Waals surface area contributed by atoms with Gasteiger partial charge < -0.3 is 9.84 Å². The Morgan fingerprint density at radius 2 is 1.74 bits per heavy atom. The van der Waals surface area contributed by atoms with Crippen LogP contribution in [0, 0.1) is 17.8 Å². The number of carboxylic acids is 1. The Morgan fingerprint density at radius 3 is 2.16 bits per heavy atom. The summed E-state index contributed by atoms with van der Waals surface area (Å²) in [6, 6.07) is 0.666. The molecule has 19 heavy (non-hydrogen) atoms. The summed E-state index contributed by atoms with van der Waals surface area (Å²) in [5, 5.41) is 9.33. The van der Waals surface area contributed by atoms with Gasteiger partial charge in [0.2, 0.25) is 0 Å². The molecule has 0 spiro atoms. The summed E-state index contributed by atoms with van der Waals surface area (Å²) in [6.07, 6.45) is 8.03. The van der Waals surface area contributed by atoms with E-state index in [1.54, 1.807) is 0 Å². The maximum atomic E-state index is 11.3. The minimum atomic E-state index is -0.699. The minimum Gasteiger partial charge on any atom is -0.481 e. The zero-order chi connectivity index (χ0) is 13.4. The average molecular weight is 267 g/mol. The fourth-order valence-corrected chi connectivity index (χ4v) is 4.01. The molecule has 2 unspecified atom stereocenters. The first-order valence-corrected chi connectivity index (χ1v) is 7.71. The van der Waals surface area contributed by atoms with Gasteiger partial charge in [0.15, 0.2) is 0 Å². The van der Waals surface area contributed by atoms with Crippen molar-refractivity contribution in [1.29, 1.82) is 0 Å². The molecular weight excluding hydrogens is 242 g/mol. The van der Waals surface area contributed by atoms with Gasteiger partial charge in [-0.05, 0) is 44.6 Å². The molecule has 0 amide bonds. The molecule has 2 aliphatic carbocycles. The van der Waals surface area contributed by atoms with Crippen molar-refractivity contribution in [2.75, 3.05) is 20.3 Å². The van der Waals surface area contributed by atoms with E-state index < -0.39 is 5.97 Å². The number of likely N-dealkylation sites (N-methyl/N-ethyl adjacent to an activating group) is 1. The summed E-state index contributed by atoms with van der Waals surface area (Å²) >= 11 is 0. The smallest absolute Gasteiger partial charge is 0.310 e. The molecule has 1 N–H and O–H groups in total. The van der Waals surface area contributed by atoms with Crippen molar-refractivity contribution in [3.63, 3.8) is 0 Å². The van der Waals surface area contributed by atoms with Gasteiger partial charge in [-0.1, -0.05) is 12.8 Å². The standard InChI is InChI=1S/C15H25NO3/c1-16(13-9-19-8-12(13)15(17)18)14(10-4-2-5-10)11-6-3-7-11/h10-14H,2-9H2,1H3,(H,17,18). The summed E-state index contributed by atoms with van der Waals surface area (Å²) in [4.78, 5) is 13.7. The van der Waals surface area contributed by atoms with Crippen molar-refractivity contribution in [1.82, 2.24) is 4.90 Å². The van der Waals surface area contributed by atoms with Gasteiger partial charge in [0.1, 0.15) is 0 Å². The molecule has 0 aromatic carbocycles. The second kappa shape index (κ2) is 5.41. The number of hydrogen-bond acceptors (Lipinski definition) is 3. The van der Waals surface area contributed by atoms with Crippen LogP contribution in [0.4, 0.5) is 0 Å². The fraction of sp³-hybridized carbons (Fsp3) is 0.933. The van der Waals surface area contributed by atoms with Gasteiger partial charge >= 0.3 is 5.97 Å². The van der Waals surface area contributed by atoms with Crippen LogP contribution in [0.2, 0.25) is 0 Å². The van der Waals surface area contributed by atoms with E-state index in [0.717, 1.165) is 11.8 Å². The van der Waals surface area contributed by atoms with Crippen LogP contribution in [0.5, 0.6) is 0 Å². The highest BCUT2D eigenvalue weighted by Gasteiger charge is 2.45. The van der Waals surface area contributed by atoms with E-state index in [9.17, 15) is 9.90 Å². The molecule has 4 nitrogen and oxygen atoms in total. The topological polar surface area (TPSA) is 49.8 Å². The molecule has 0 radical (unpaired) electrons. The lowest BCUT2D eigenvalue weighted by molar-refractivity contribution is -0.143. The Labute approximate surface area is 115 Å². The third-order valence-corrected chi connectivity index (χ3v) is 5.63. The molecule has 0 bridgehead atoms. The lowest BCUT2D eigenvalue weighted by atomic mass is 9.67. The first-order valence-electron chi connectivity index (χ1n) is 7.71. The van der Waals surface area contributed by atoms with E-state index in [1.807, 2.05) is 0 Å². The van der Waals surface area contributed by atoms with E-state index in [2.05, 4.69) is 11.9 Å². The number of nitrogens with zero attached hydrogens (tertiary/aromatic N) is 1. The molecule has 2 saturated carbocycles. The first-order chi connectivity index (χ1) is 9.18. The van der Waals surface area contributed by atoms with Gasteiger partial charge in [-0.3, -0.25) is 9.69 Å². The lowest BCUT2D eigenvalue weighted by Gasteiger charge is -2.49. The van der Waals surface area contributed by atoms with Crippen molar-refractivity contribution < 1.29 is 14.6 Å². The van der Waals surface area contributed by atoms with E-state index >= 15 is 0 Å². The highest BCUT2D eigenvalue weighted by atomic mass is 16.5. The zero-order valence-corrected chi connectivity index (χ0v) is 11.8. The predicted molar refractivity (Wildman–Crippen MR) is 72.0 cm³/mol. The van der Waals surface area contributed by atoms with Crippen LogP contribution in [0.25, 0.3) is 0 Å². The predicted octanol–water partition coefficient (Wildman–Crippen LogP) is 1.99. The Kier molecular flexibility index (Phi) is 3.81. The van der Waals surface area contributed by atoms with Crippen molar-refractivity contribution in [2.24, 2.45) is 17.8 Å². The van der Waals surface area contributed by atoms with Gasteiger partial charge in [0, 0.05) is 12.1 Å². The quantitative estimate of drug-likeness (QED) is 0.827.